The van der Waals surface area contributed by atoms with Crippen LogP contribution in [-0.4, -0.2) is 37.9 Å². The third kappa shape index (κ3) is 53.2. The highest BCUT2D eigenvalue weighted by Crippen LogP contribution is 2.13. The van der Waals surface area contributed by atoms with Gasteiger partial charge in [0, 0.05) is 19.4 Å². The number of unbranched alkanes of at least 4 members (excludes halogenated alkanes) is 20. The van der Waals surface area contributed by atoms with Crippen molar-refractivity contribution in [3.8, 4) is 0 Å². The molecule has 0 rings (SSSR count). The van der Waals surface area contributed by atoms with Gasteiger partial charge in [-0.1, -0.05) is 214 Å². The van der Waals surface area contributed by atoms with Gasteiger partial charge in [-0.3, -0.25) is 9.59 Å². The zero-order valence-electron chi connectivity index (χ0n) is 43.2. The monoisotopic (exact) mass is 915 g/mol. The van der Waals surface area contributed by atoms with E-state index in [2.05, 4.69) is 130 Å². The largest absolute Gasteiger partial charge is 0.462 e. The average Bonchev–Trinajstić information content (AvgIpc) is 3.32. The van der Waals surface area contributed by atoms with Crippen LogP contribution in [0.3, 0.4) is 0 Å². The van der Waals surface area contributed by atoms with Gasteiger partial charge in [0.15, 0.2) is 6.10 Å². The molecule has 0 heterocycles. The molecular formula is C61H102O5. The third-order valence-corrected chi connectivity index (χ3v) is 11.3. The summed E-state index contributed by atoms with van der Waals surface area (Å²) in [5, 5.41) is 0. The molecule has 0 bridgehead atoms. The van der Waals surface area contributed by atoms with Gasteiger partial charge in [-0.15, -0.1) is 0 Å². The van der Waals surface area contributed by atoms with Crippen molar-refractivity contribution in [2.75, 3.05) is 19.8 Å². The zero-order chi connectivity index (χ0) is 47.7. The molecule has 0 aromatic rings. The molecule has 66 heavy (non-hydrogen) atoms. The van der Waals surface area contributed by atoms with E-state index in [0.29, 0.717) is 19.4 Å². The lowest BCUT2D eigenvalue weighted by Crippen LogP contribution is -2.30. The first-order chi connectivity index (χ1) is 32.6. The summed E-state index contributed by atoms with van der Waals surface area (Å²) in [4.78, 5) is 25.5. The van der Waals surface area contributed by atoms with E-state index in [9.17, 15) is 9.59 Å². The lowest BCUT2D eigenvalue weighted by molar-refractivity contribution is -0.163. The summed E-state index contributed by atoms with van der Waals surface area (Å²) in [5.74, 6) is -0.449. The van der Waals surface area contributed by atoms with Gasteiger partial charge in [-0.2, -0.15) is 0 Å². The highest BCUT2D eigenvalue weighted by Gasteiger charge is 2.17. The van der Waals surface area contributed by atoms with Gasteiger partial charge >= 0.3 is 11.9 Å². The van der Waals surface area contributed by atoms with Crippen LogP contribution in [0.1, 0.15) is 239 Å². The summed E-state index contributed by atoms with van der Waals surface area (Å²) in [7, 11) is 0. The number of carbonyl (C=O) groups excluding carboxylic acids is 2. The van der Waals surface area contributed by atoms with E-state index in [1.54, 1.807) is 0 Å². The Balaban J connectivity index is 4.40. The molecule has 0 aliphatic heterocycles. The Hall–Kier alpha value is -3.44. The highest BCUT2D eigenvalue weighted by atomic mass is 16.6. The van der Waals surface area contributed by atoms with E-state index in [4.69, 9.17) is 14.2 Å². The minimum Gasteiger partial charge on any atom is -0.462 e. The third-order valence-electron chi connectivity index (χ3n) is 11.3. The average molecular weight is 915 g/mol. The Morgan fingerprint density at radius 1 is 0.348 bits per heavy atom. The van der Waals surface area contributed by atoms with E-state index in [1.165, 1.54) is 89.9 Å². The zero-order valence-corrected chi connectivity index (χ0v) is 43.2. The fourth-order valence-corrected chi connectivity index (χ4v) is 7.25. The molecule has 1 atom stereocenters. The van der Waals surface area contributed by atoms with Gasteiger partial charge in [-0.05, 0) is 122 Å². The molecule has 0 saturated carbocycles. The fourth-order valence-electron chi connectivity index (χ4n) is 7.25. The van der Waals surface area contributed by atoms with Crippen LogP contribution in [0.2, 0.25) is 0 Å². The Labute approximate surface area is 408 Å². The van der Waals surface area contributed by atoms with Crippen LogP contribution >= 0.6 is 0 Å². The first-order valence-corrected chi connectivity index (χ1v) is 27.4. The number of allylic oxidation sites excluding steroid dienone is 18. The second-order valence-corrected chi connectivity index (χ2v) is 17.7. The second kappa shape index (κ2) is 55.9. The minimum absolute atomic E-state index is 0.0528. The van der Waals surface area contributed by atoms with Crippen molar-refractivity contribution in [1.29, 1.82) is 0 Å². The summed E-state index contributed by atoms with van der Waals surface area (Å²) >= 11 is 0. The molecule has 0 aliphatic carbocycles. The normalized spacial score (nSPS) is 13.1. The molecule has 0 spiro atoms. The smallest absolute Gasteiger partial charge is 0.306 e. The standard InChI is InChI=1S/C61H102O5/c1-4-7-10-13-16-19-22-25-28-30-32-35-38-41-44-47-50-53-56-64-57-59(66-61(63)55-52-49-46-43-40-37-33-27-24-21-18-15-12-9-6-3)58-65-60(62)54-51-48-45-42-39-36-34-31-29-26-23-20-17-14-11-8-5-2/h7,9-10,12,16,18-19,21,25-29,32-33,35,41,44,59H,4-6,8,11,13-15,17,20,22-24,30-31,34,36-40,42-43,45-58H2,1-3H3/b10-7-,12-9-,19-16-,21-18-,28-25-,29-26-,33-27-,35-32-,44-41-. The number of ether oxygens (including phenoxy) is 3. The molecular weight excluding hydrogens is 813 g/mol. The number of hydrogen-bond donors (Lipinski definition) is 0. The summed E-state index contributed by atoms with van der Waals surface area (Å²) in [5.41, 5.74) is 0. The fraction of sp³-hybridized carbons (Fsp3) is 0.672. The van der Waals surface area contributed by atoms with Crippen molar-refractivity contribution in [1.82, 2.24) is 0 Å². The van der Waals surface area contributed by atoms with Crippen molar-refractivity contribution in [2.24, 2.45) is 0 Å². The van der Waals surface area contributed by atoms with Crippen molar-refractivity contribution in [3.63, 3.8) is 0 Å². The van der Waals surface area contributed by atoms with Crippen LogP contribution in [0, 0.1) is 0 Å². The molecule has 0 amide bonds. The predicted octanol–water partition coefficient (Wildman–Crippen LogP) is 18.8. The molecule has 5 heteroatoms. The number of rotatable bonds is 49. The van der Waals surface area contributed by atoms with Gasteiger partial charge in [0.05, 0.1) is 6.61 Å². The van der Waals surface area contributed by atoms with Crippen molar-refractivity contribution < 1.29 is 23.8 Å². The Bertz CT molecular complexity index is 1310. The van der Waals surface area contributed by atoms with Crippen LogP contribution in [0.15, 0.2) is 109 Å². The van der Waals surface area contributed by atoms with Crippen LogP contribution < -0.4 is 0 Å². The van der Waals surface area contributed by atoms with Gasteiger partial charge in [0.2, 0.25) is 0 Å². The van der Waals surface area contributed by atoms with Gasteiger partial charge in [0.25, 0.3) is 0 Å². The SMILES string of the molecule is CC/C=C\C/C=C\C/C=C\C/C=C\C/C=C\CCCCOCC(COC(=O)CCCCCCCCC/C=C\CCCCCCCC)OC(=O)CCCCCCC/C=C\C/C=C\C/C=C\CC. The van der Waals surface area contributed by atoms with Crippen LogP contribution in [0.25, 0.3) is 0 Å². The quantitative estimate of drug-likeness (QED) is 0.0346. The molecule has 5 nitrogen and oxygen atoms in total. The molecule has 0 aromatic carbocycles. The van der Waals surface area contributed by atoms with Crippen LogP contribution in [0.5, 0.6) is 0 Å². The van der Waals surface area contributed by atoms with E-state index in [0.717, 1.165) is 116 Å². The van der Waals surface area contributed by atoms with Crippen LogP contribution in [-0.2, 0) is 23.8 Å². The van der Waals surface area contributed by atoms with E-state index in [1.807, 2.05) is 0 Å². The Morgan fingerprint density at radius 3 is 1.11 bits per heavy atom. The van der Waals surface area contributed by atoms with Gasteiger partial charge < -0.3 is 14.2 Å². The summed E-state index contributed by atoms with van der Waals surface area (Å²) < 4.78 is 17.4. The topological polar surface area (TPSA) is 61.8 Å². The molecule has 0 fully saturated rings. The maximum absolute atomic E-state index is 12.8. The minimum atomic E-state index is -0.577. The van der Waals surface area contributed by atoms with E-state index < -0.39 is 6.10 Å². The van der Waals surface area contributed by atoms with Crippen LogP contribution in [0.4, 0.5) is 0 Å². The number of carbonyl (C=O) groups is 2. The predicted molar refractivity (Wildman–Crippen MR) is 288 cm³/mol. The van der Waals surface area contributed by atoms with Crippen molar-refractivity contribution in [2.45, 2.75) is 245 Å². The summed E-state index contributed by atoms with van der Waals surface area (Å²) in [6.07, 6.45) is 76.8. The molecule has 0 saturated heterocycles. The molecule has 0 radical (unpaired) electrons. The van der Waals surface area contributed by atoms with Crippen molar-refractivity contribution >= 4 is 11.9 Å². The van der Waals surface area contributed by atoms with Gasteiger partial charge in [0.1, 0.15) is 6.61 Å². The second-order valence-electron chi connectivity index (χ2n) is 17.7. The number of hydrogen-bond acceptors (Lipinski definition) is 5. The van der Waals surface area contributed by atoms with E-state index in [-0.39, 0.29) is 25.2 Å². The maximum atomic E-state index is 12.8. The Morgan fingerprint density at radius 2 is 0.682 bits per heavy atom. The van der Waals surface area contributed by atoms with E-state index >= 15 is 0 Å². The van der Waals surface area contributed by atoms with Crippen molar-refractivity contribution in [3.05, 3.63) is 109 Å². The molecule has 376 valence electrons. The maximum Gasteiger partial charge on any atom is 0.306 e. The number of esters is 2. The molecule has 0 aliphatic rings. The first kappa shape index (κ1) is 62.6. The summed E-state index contributed by atoms with van der Waals surface area (Å²) in [6.45, 7) is 7.48. The summed E-state index contributed by atoms with van der Waals surface area (Å²) in [6, 6.07) is 0. The highest BCUT2D eigenvalue weighted by molar-refractivity contribution is 5.70. The van der Waals surface area contributed by atoms with Gasteiger partial charge in [-0.25, -0.2) is 0 Å². The molecule has 0 aromatic heterocycles. The molecule has 1 unspecified atom stereocenters. The first-order valence-electron chi connectivity index (χ1n) is 27.4. The lowest BCUT2D eigenvalue weighted by atomic mass is 10.1. The lowest BCUT2D eigenvalue weighted by Gasteiger charge is -2.18. The molecule has 0 N–H and O–H groups in total. The Kier molecular flexibility index (Phi) is 53.0.